The van der Waals surface area contributed by atoms with Crippen LogP contribution < -0.4 is 0 Å². The van der Waals surface area contributed by atoms with Gasteiger partial charge < -0.3 is 33.8 Å². The number of phosphoric ester groups is 2. The van der Waals surface area contributed by atoms with Gasteiger partial charge in [-0.15, -0.1) is 0 Å². The first-order valence-electron chi connectivity index (χ1n) is 38.5. The summed E-state index contributed by atoms with van der Waals surface area (Å²) in [5.74, 6) is -2.18. The zero-order valence-electron chi connectivity index (χ0n) is 61.1. The lowest BCUT2D eigenvalue weighted by atomic mass is 10.0. The number of carbonyl (C=O) groups excluding carboxylic acids is 4. The van der Waals surface area contributed by atoms with E-state index in [9.17, 15) is 43.2 Å². The summed E-state index contributed by atoms with van der Waals surface area (Å²) in [6.45, 7) is 4.76. The largest absolute Gasteiger partial charge is 0.472 e. The number of esters is 4. The normalized spacial score (nSPS) is 14.3. The summed E-state index contributed by atoms with van der Waals surface area (Å²) < 4.78 is 68.5. The van der Waals surface area contributed by atoms with Crippen molar-refractivity contribution in [1.29, 1.82) is 0 Å². The van der Waals surface area contributed by atoms with E-state index < -0.39 is 97.5 Å². The molecule has 0 radical (unpaired) electrons. The first kappa shape index (κ1) is 92.8. The fourth-order valence-corrected chi connectivity index (χ4v) is 12.2. The molecule has 0 amide bonds. The second kappa shape index (κ2) is 70.2. The van der Waals surface area contributed by atoms with Crippen molar-refractivity contribution < 1.29 is 80.2 Å². The molecule has 0 fully saturated rings. The Balaban J connectivity index is 5.33. The SMILES string of the molecule is CC/C=C\C/C=C\C/C=C\CCCCCCCC(=O)OCC(COP(=O)(O)OCC(O)COP(=O)(O)OCC(COC(=O)CCCCCCC/C=C\CCCCCCCC)OC(=O)CCCCCCC/C=C\CCCCCC)OC(=O)CCCCCCCCCCCCCCC. The first-order chi connectivity index (χ1) is 46.7. The fraction of sp³-hybridized carbons (Fsp3) is 0.818. The van der Waals surface area contributed by atoms with Crippen LogP contribution >= 0.6 is 15.6 Å². The highest BCUT2D eigenvalue weighted by Gasteiger charge is 2.30. The van der Waals surface area contributed by atoms with Gasteiger partial charge in [-0.05, 0) is 109 Å². The molecule has 0 aliphatic rings. The summed E-state index contributed by atoms with van der Waals surface area (Å²) in [4.78, 5) is 72.8. The number of aliphatic hydroxyl groups is 1. The third kappa shape index (κ3) is 69.2. The van der Waals surface area contributed by atoms with Crippen molar-refractivity contribution in [2.45, 2.75) is 367 Å². The van der Waals surface area contributed by atoms with Crippen molar-refractivity contribution in [2.24, 2.45) is 0 Å². The molecule has 0 bridgehead atoms. The predicted octanol–water partition coefficient (Wildman–Crippen LogP) is 21.9. The highest BCUT2D eigenvalue weighted by molar-refractivity contribution is 7.47. The van der Waals surface area contributed by atoms with Crippen LogP contribution in [0, 0.1) is 0 Å². The lowest BCUT2D eigenvalue weighted by molar-refractivity contribution is -0.161. The van der Waals surface area contributed by atoms with Crippen LogP contribution in [0.3, 0.4) is 0 Å². The minimum Gasteiger partial charge on any atom is -0.462 e. The summed E-state index contributed by atoms with van der Waals surface area (Å²) >= 11 is 0. The van der Waals surface area contributed by atoms with E-state index >= 15 is 0 Å². The fourth-order valence-electron chi connectivity index (χ4n) is 10.6. The van der Waals surface area contributed by atoms with E-state index in [2.05, 4.69) is 88.5 Å². The minimum atomic E-state index is -4.97. The van der Waals surface area contributed by atoms with Crippen molar-refractivity contribution >= 4 is 39.5 Å². The molecule has 0 aromatic heterocycles. The van der Waals surface area contributed by atoms with E-state index in [0.29, 0.717) is 25.7 Å². The van der Waals surface area contributed by atoms with Gasteiger partial charge in [-0.2, -0.15) is 0 Å². The number of carbonyl (C=O) groups is 4. The lowest BCUT2D eigenvalue weighted by Crippen LogP contribution is -2.30. The molecule has 0 saturated heterocycles. The van der Waals surface area contributed by atoms with Gasteiger partial charge in [0.05, 0.1) is 26.4 Å². The van der Waals surface area contributed by atoms with Crippen LogP contribution in [-0.2, 0) is 65.4 Å². The van der Waals surface area contributed by atoms with Gasteiger partial charge in [-0.25, -0.2) is 9.13 Å². The Morgan fingerprint density at radius 2 is 0.542 bits per heavy atom. The van der Waals surface area contributed by atoms with E-state index in [1.165, 1.54) is 116 Å². The molecule has 17 nitrogen and oxygen atoms in total. The third-order valence-corrected chi connectivity index (χ3v) is 18.4. The molecular formula is C77H140O17P2. The molecule has 560 valence electrons. The van der Waals surface area contributed by atoms with Gasteiger partial charge >= 0.3 is 39.5 Å². The Kier molecular flexibility index (Phi) is 67.8. The highest BCUT2D eigenvalue weighted by atomic mass is 31.2. The molecule has 0 aliphatic carbocycles. The molecule has 19 heteroatoms. The molecule has 0 spiro atoms. The third-order valence-electron chi connectivity index (χ3n) is 16.5. The number of allylic oxidation sites excluding steroid dienone is 10. The Morgan fingerprint density at radius 1 is 0.302 bits per heavy atom. The van der Waals surface area contributed by atoms with Gasteiger partial charge in [0, 0.05) is 25.7 Å². The zero-order chi connectivity index (χ0) is 70.4. The molecule has 0 aromatic carbocycles. The summed E-state index contributed by atoms with van der Waals surface area (Å²) in [6.07, 6.45) is 67.8. The van der Waals surface area contributed by atoms with Crippen LogP contribution in [0.15, 0.2) is 60.8 Å². The lowest BCUT2D eigenvalue weighted by Gasteiger charge is -2.21. The van der Waals surface area contributed by atoms with Crippen molar-refractivity contribution in [3.8, 4) is 0 Å². The van der Waals surface area contributed by atoms with Crippen LogP contribution in [0.5, 0.6) is 0 Å². The maximum atomic E-state index is 13.1. The molecule has 3 N–H and O–H groups in total. The molecule has 0 heterocycles. The molecule has 96 heavy (non-hydrogen) atoms. The topological polar surface area (TPSA) is 237 Å². The van der Waals surface area contributed by atoms with Gasteiger partial charge in [0.2, 0.25) is 0 Å². The molecule has 0 aliphatic heterocycles. The van der Waals surface area contributed by atoms with E-state index in [1.54, 1.807) is 0 Å². The molecule has 0 saturated carbocycles. The van der Waals surface area contributed by atoms with Crippen molar-refractivity contribution in [3.63, 3.8) is 0 Å². The monoisotopic (exact) mass is 1400 g/mol. The smallest absolute Gasteiger partial charge is 0.462 e. The number of phosphoric acid groups is 2. The Morgan fingerprint density at radius 3 is 0.854 bits per heavy atom. The number of rotatable bonds is 73. The molecule has 5 atom stereocenters. The first-order valence-corrected chi connectivity index (χ1v) is 41.5. The number of aliphatic hydroxyl groups excluding tert-OH is 1. The van der Waals surface area contributed by atoms with E-state index in [0.717, 1.165) is 154 Å². The summed E-state index contributed by atoms with van der Waals surface area (Å²) in [6, 6.07) is 0. The summed E-state index contributed by atoms with van der Waals surface area (Å²) in [5, 5.41) is 10.6. The second-order valence-corrected chi connectivity index (χ2v) is 28.8. The number of unbranched alkanes of at least 4 members (excludes halogenated alkanes) is 37. The minimum absolute atomic E-state index is 0.0873. The van der Waals surface area contributed by atoms with Crippen molar-refractivity contribution in [2.75, 3.05) is 39.6 Å². The molecular weight excluding hydrogens is 1260 g/mol. The van der Waals surface area contributed by atoms with E-state index in [-0.39, 0.29) is 25.7 Å². The van der Waals surface area contributed by atoms with Gasteiger partial charge in [-0.1, -0.05) is 275 Å². The van der Waals surface area contributed by atoms with E-state index in [4.69, 9.17) is 37.0 Å². The van der Waals surface area contributed by atoms with Crippen molar-refractivity contribution in [3.05, 3.63) is 60.8 Å². The highest BCUT2D eigenvalue weighted by Crippen LogP contribution is 2.45. The van der Waals surface area contributed by atoms with Crippen LogP contribution in [0.2, 0.25) is 0 Å². The Labute approximate surface area is 584 Å². The Hall–Kier alpha value is -3.24. The average molecular weight is 1400 g/mol. The Bertz CT molecular complexity index is 2060. The average Bonchev–Trinajstić information content (AvgIpc) is 1.14. The van der Waals surface area contributed by atoms with Crippen LogP contribution in [-0.4, -0.2) is 96.7 Å². The standard InChI is InChI=1S/C77H140O17P2/c1-5-9-13-17-21-25-29-33-35-39-41-45-49-53-57-61-74(79)87-67-72(93-76(81)63-59-55-51-47-43-37-31-27-23-19-15-11-7-3)69-91-95(83,84)89-65-71(78)66-90-96(85,86)92-70-73(94-77(82)64-60-56-52-48-44-38-32-28-24-20-16-12-8-4)68-88-75(80)62-58-54-50-46-42-40-36-34-30-26-22-18-14-10-6-2/h9,13,21,25,28,32-36,71-73,78H,5-8,10-12,14-20,22-24,26-27,29-31,37-70H2,1-4H3,(H,83,84)(H,85,86)/b13-9-,25-21-,32-28-,35-33-,36-34-. The number of ether oxygens (including phenoxy) is 4. The van der Waals surface area contributed by atoms with Crippen molar-refractivity contribution in [1.82, 2.24) is 0 Å². The maximum Gasteiger partial charge on any atom is 0.472 e. The summed E-state index contributed by atoms with van der Waals surface area (Å²) in [5.41, 5.74) is 0. The van der Waals surface area contributed by atoms with Gasteiger partial charge in [0.25, 0.3) is 0 Å². The molecule has 5 unspecified atom stereocenters. The van der Waals surface area contributed by atoms with Gasteiger partial charge in [-0.3, -0.25) is 37.3 Å². The predicted molar refractivity (Wildman–Crippen MR) is 390 cm³/mol. The van der Waals surface area contributed by atoms with Crippen LogP contribution in [0.4, 0.5) is 0 Å². The number of hydrogen-bond donors (Lipinski definition) is 3. The maximum absolute atomic E-state index is 13.1. The van der Waals surface area contributed by atoms with E-state index in [1.807, 2.05) is 0 Å². The van der Waals surface area contributed by atoms with Gasteiger partial charge in [0.1, 0.15) is 19.3 Å². The quantitative estimate of drug-likeness (QED) is 0.0169. The zero-order valence-corrected chi connectivity index (χ0v) is 62.8. The number of hydrogen-bond acceptors (Lipinski definition) is 15. The summed E-state index contributed by atoms with van der Waals surface area (Å²) in [7, 11) is -9.94. The van der Waals surface area contributed by atoms with Crippen LogP contribution in [0.1, 0.15) is 349 Å². The molecule has 0 aromatic rings. The molecule has 0 rings (SSSR count). The second-order valence-electron chi connectivity index (χ2n) is 25.9. The van der Waals surface area contributed by atoms with Crippen LogP contribution in [0.25, 0.3) is 0 Å². The van der Waals surface area contributed by atoms with Gasteiger partial charge in [0.15, 0.2) is 12.2 Å².